The summed E-state index contributed by atoms with van der Waals surface area (Å²) < 4.78 is 5.57. The smallest absolute Gasteiger partial charge is 0.305 e. The van der Waals surface area contributed by atoms with Crippen molar-refractivity contribution in [3.63, 3.8) is 0 Å². The third-order valence-electron chi connectivity index (χ3n) is 7.27. The van der Waals surface area contributed by atoms with Crippen molar-refractivity contribution in [3.8, 4) is 0 Å². The summed E-state index contributed by atoms with van der Waals surface area (Å²) in [7, 11) is 0. The molecule has 0 saturated heterocycles. The molecule has 242 valence electrons. The Balaban J connectivity index is 0.00000102. The van der Waals surface area contributed by atoms with E-state index in [-0.39, 0.29) is 49.4 Å². The van der Waals surface area contributed by atoms with E-state index in [4.69, 9.17) is 14.9 Å². The van der Waals surface area contributed by atoms with Gasteiger partial charge in [0.2, 0.25) is 18.2 Å². The maximum absolute atomic E-state index is 12.6. The van der Waals surface area contributed by atoms with Gasteiger partial charge in [-0.15, -0.1) is 0 Å². The van der Waals surface area contributed by atoms with Crippen LogP contribution in [0.25, 0.3) is 0 Å². The predicted molar refractivity (Wildman–Crippen MR) is 169 cm³/mol. The number of carbonyl (C=O) groups is 4. The molecule has 2 unspecified atom stereocenters. The lowest BCUT2D eigenvalue weighted by Gasteiger charge is -2.22. The molecule has 0 heterocycles. The standard InChI is InChI=1S/C30H41N3O5.C3H7NO2/c1-4-6-9-28(35)32-21-11-13-23-24-14-12-22(33-29(36)10-7-8-20(3)31-15-16-34)18-26(24)27(25(23)17-21)19-38-30(37)5-2;5-2-1-4-3-6/h11-13,17-18,24,27,31,34H,3-10,14-16,19H2,1-2H3,(H,32,35)(H,33,36);3,5H,1-2H2,(H,4,6). The Morgan fingerprint density at radius 1 is 1.00 bits per heavy atom. The van der Waals surface area contributed by atoms with Crippen molar-refractivity contribution in [2.75, 3.05) is 38.2 Å². The minimum absolute atomic E-state index is 0.00481. The molecule has 0 saturated carbocycles. The summed E-state index contributed by atoms with van der Waals surface area (Å²) >= 11 is 0. The third kappa shape index (κ3) is 12.0. The van der Waals surface area contributed by atoms with Crippen molar-refractivity contribution in [2.45, 2.75) is 77.0 Å². The second kappa shape index (κ2) is 20.1. The number of benzene rings is 1. The van der Waals surface area contributed by atoms with Gasteiger partial charge in [-0.1, -0.05) is 39.0 Å². The van der Waals surface area contributed by atoms with Crippen molar-refractivity contribution in [2.24, 2.45) is 0 Å². The van der Waals surface area contributed by atoms with Gasteiger partial charge >= 0.3 is 5.97 Å². The van der Waals surface area contributed by atoms with Crippen LogP contribution in [0, 0.1) is 0 Å². The molecule has 44 heavy (non-hydrogen) atoms. The highest BCUT2D eigenvalue weighted by Gasteiger charge is 2.38. The fourth-order valence-electron chi connectivity index (χ4n) is 5.06. The number of hydrogen-bond donors (Lipinski definition) is 6. The van der Waals surface area contributed by atoms with Crippen LogP contribution < -0.4 is 21.3 Å². The zero-order valence-electron chi connectivity index (χ0n) is 26.0. The van der Waals surface area contributed by atoms with Crippen molar-refractivity contribution in [3.05, 3.63) is 65.0 Å². The van der Waals surface area contributed by atoms with Gasteiger partial charge in [0.15, 0.2) is 0 Å². The maximum atomic E-state index is 12.6. The molecule has 2 aliphatic carbocycles. The molecule has 2 atom stereocenters. The van der Waals surface area contributed by atoms with E-state index in [1.165, 1.54) is 0 Å². The second-order valence-corrected chi connectivity index (χ2v) is 10.6. The van der Waals surface area contributed by atoms with Gasteiger partial charge in [0.05, 0.1) is 13.2 Å². The van der Waals surface area contributed by atoms with E-state index in [1.807, 2.05) is 24.3 Å². The van der Waals surface area contributed by atoms with Crippen LogP contribution in [0.5, 0.6) is 0 Å². The molecule has 0 fully saturated rings. The molecule has 11 heteroatoms. The van der Waals surface area contributed by atoms with Crippen LogP contribution in [0.1, 0.15) is 88.2 Å². The third-order valence-corrected chi connectivity index (χ3v) is 7.27. The highest BCUT2D eigenvalue weighted by Crippen LogP contribution is 2.50. The Hall–Kier alpha value is -3.96. The Labute approximate surface area is 260 Å². The molecule has 3 amide bonds. The lowest BCUT2D eigenvalue weighted by Crippen LogP contribution is -2.24. The van der Waals surface area contributed by atoms with Gasteiger partial charge in [-0.2, -0.15) is 0 Å². The summed E-state index contributed by atoms with van der Waals surface area (Å²) in [5, 5.41) is 28.2. The van der Waals surface area contributed by atoms with Gasteiger partial charge in [-0.05, 0) is 60.6 Å². The average Bonchev–Trinajstić information content (AvgIpc) is 3.32. The number of ether oxygens (including phenoxy) is 1. The lowest BCUT2D eigenvalue weighted by atomic mass is 9.87. The zero-order valence-corrected chi connectivity index (χ0v) is 26.0. The van der Waals surface area contributed by atoms with Gasteiger partial charge in [0.25, 0.3) is 0 Å². The molecule has 0 aromatic heterocycles. The SMILES string of the molecule is C=C(CCCC(=O)NC1=CCC2C(=C1)C(COC(=O)CC)c1cc(NC(=O)CCCC)ccc12)NCCO.O=CNCCO. The van der Waals surface area contributed by atoms with Crippen molar-refractivity contribution < 1.29 is 34.1 Å². The normalized spacial score (nSPS) is 16.1. The lowest BCUT2D eigenvalue weighted by molar-refractivity contribution is -0.143. The topological polar surface area (TPSA) is 166 Å². The first kappa shape index (κ1) is 36.2. The van der Waals surface area contributed by atoms with Crippen LogP contribution in [-0.2, 0) is 23.9 Å². The Morgan fingerprint density at radius 2 is 1.73 bits per heavy atom. The number of allylic oxidation sites excluding steroid dienone is 3. The second-order valence-electron chi connectivity index (χ2n) is 10.6. The summed E-state index contributed by atoms with van der Waals surface area (Å²) in [4.78, 5) is 46.2. The summed E-state index contributed by atoms with van der Waals surface area (Å²) in [6.07, 6.45) is 9.61. The first-order valence-electron chi connectivity index (χ1n) is 15.4. The number of carbonyl (C=O) groups excluding carboxylic acids is 4. The minimum Gasteiger partial charge on any atom is -0.465 e. The Bertz CT molecular complexity index is 1190. The largest absolute Gasteiger partial charge is 0.465 e. The van der Waals surface area contributed by atoms with Gasteiger partial charge in [-0.3, -0.25) is 19.2 Å². The number of unbranched alkanes of at least 4 members (excludes halogenated alkanes) is 1. The van der Waals surface area contributed by atoms with Crippen molar-refractivity contribution in [1.29, 1.82) is 0 Å². The van der Waals surface area contributed by atoms with Crippen molar-refractivity contribution >= 4 is 29.9 Å². The first-order valence-corrected chi connectivity index (χ1v) is 15.4. The van der Waals surface area contributed by atoms with Crippen LogP contribution in [0.3, 0.4) is 0 Å². The molecule has 0 spiro atoms. The fourth-order valence-corrected chi connectivity index (χ4v) is 5.06. The minimum atomic E-state index is -0.255. The number of rotatable bonds is 18. The van der Waals surface area contributed by atoms with Gasteiger partial charge in [0, 0.05) is 61.3 Å². The summed E-state index contributed by atoms with van der Waals surface area (Å²) in [5.74, 6) is -0.325. The molecule has 1 aromatic carbocycles. The number of aliphatic hydroxyl groups excluding tert-OH is 2. The summed E-state index contributed by atoms with van der Waals surface area (Å²) in [5.41, 5.74) is 5.63. The molecule has 3 rings (SSSR count). The first-order chi connectivity index (χ1) is 21.3. The number of nitrogens with one attached hydrogen (secondary N) is 4. The number of anilines is 1. The van der Waals surface area contributed by atoms with Crippen LogP contribution in [0.4, 0.5) is 5.69 Å². The van der Waals surface area contributed by atoms with Gasteiger partial charge in [0.1, 0.15) is 6.61 Å². The number of fused-ring (bicyclic) bond motifs is 3. The van der Waals surface area contributed by atoms with E-state index in [9.17, 15) is 19.2 Å². The molecule has 1 aromatic rings. The van der Waals surface area contributed by atoms with Crippen molar-refractivity contribution in [1.82, 2.24) is 16.0 Å². The molecule has 11 nitrogen and oxygen atoms in total. The molecular weight excluding hydrogens is 564 g/mol. The zero-order chi connectivity index (χ0) is 32.3. The van der Waals surface area contributed by atoms with E-state index >= 15 is 0 Å². The van der Waals surface area contributed by atoms with E-state index in [0.717, 1.165) is 53.0 Å². The summed E-state index contributed by atoms with van der Waals surface area (Å²) in [6.45, 7) is 8.81. The van der Waals surface area contributed by atoms with E-state index < -0.39 is 0 Å². The molecule has 0 bridgehead atoms. The number of aliphatic hydroxyl groups is 2. The summed E-state index contributed by atoms with van der Waals surface area (Å²) in [6, 6.07) is 5.99. The monoisotopic (exact) mass is 612 g/mol. The fraction of sp³-hybridized carbons (Fsp3) is 0.515. The van der Waals surface area contributed by atoms with Crippen LogP contribution in [0.2, 0.25) is 0 Å². The molecular formula is C33H48N4O7. The van der Waals surface area contributed by atoms with E-state index in [2.05, 4.69) is 40.8 Å². The van der Waals surface area contributed by atoms with Crippen LogP contribution in [0.15, 0.2) is 53.9 Å². The molecule has 6 N–H and O–H groups in total. The van der Waals surface area contributed by atoms with E-state index in [0.29, 0.717) is 51.6 Å². The average molecular weight is 613 g/mol. The molecule has 0 aliphatic heterocycles. The molecule has 0 radical (unpaired) electrons. The number of amides is 3. The Kier molecular flexibility index (Phi) is 16.5. The van der Waals surface area contributed by atoms with Gasteiger partial charge in [-0.25, -0.2) is 0 Å². The predicted octanol–water partition coefficient (Wildman–Crippen LogP) is 3.27. The van der Waals surface area contributed by atoms with Crippen LogP contribution in [-0.4, -0.2) is 67.3 Å². The highest BCUT2D eigenvalue weighted by atomic mass is 16.5. The van der Waals surface area contributed by atoms with E-state index in [1.54, 1.807) is 6.92 Å². The molecule has 2 aliphatic rings. The highest BCUT2D eigenvalue weighted by molar-refractivity contribution is 5.91. The van der Waals surface area contributed by atoms with Crippen LogP contribution >= 0.6 is 0 Å². The quantitative estimate of drug-likeness (QED) is 0.0835. The number of esters is 1. The maximum Gasteiger partial charge on any atom is 0.305 e. The van der Waals surface area contributed by atoms with Gasteiger partial charge < -0.3 is 36.2 Å². The Morgan fingerprint density at radius 3 is 2.39 bits per heavy atom. The number of hydrogen-bond acceptors (Lipinski definition) is 8.